The Balaban J connectivity index is 1.62. The fourth-order valence-electron chi connectivity index (χ4n) is 2.68. The topological polar surface area (TPSA) is 66.2 Å². The van der Waals surface area contributed by atoms with Crippen LogP contribution in [0, 0.1) is 5.92 Å². The molecule has 116 valence electrons. The molecule has 22 heavy (non-hydrogen) atoms. The standard InChI is InChI=1S/C16H19N3O3/c1-21-16(20)13-7-8-14-17-18-15(19(14)9-13)11-22-10-12-5-3-2-4-6-12/h2-6,13H,7-11H2,1H3. The highest BCUT2D eigenvalue weighted by Crippen LogP contribution is 2.21. The summed E-state index contributed by atoms with van der Waals surface area (Å²) < 4.78 is 12.5. The fraction of sp³-hybridized carbons (Fsp3) is 0.438. The van der Waals surface area contributed by atoms with Crippen LogP contribution in [0.4, 0.5) is 0 Å². The van der Waals surface area contributed by atoms with Gasteiger partial charge in [0.15, 0.2) is 5.82 Å². The molecule has 6 heteroatoms. The normalized spacial score (nSPS) is 17.0. The maximum absolute atomic E-state index is 11.7. The zero-order chi connectivity index (χ0) is 15.4. The molecule has 1 atom stereocenters. The summed E-state index contributed by atoms with van der Waals surface area (Å²) >= 11 is 0. The lowest BCUT2D eigenvalue weighted by Crippen LogP contribution is -2.28. The van der Waals surface area contributed by atoms with E-state index in [1.54, 1.807) is 0 Å². The van der Waals surface area contributed by atoms with Crippen LogP contribution in [0.25, 0.3) is 0 Å². The summed E-state index contributed by atoms with van der Waals surface area (Å²) in [6.45, 7) is 1.48. The van der Waals surface area contributed by atoms with Crippen LogP contribution in [0.1, 0.15) is 23.6 Å². The molecular weight excluding hydrogens is 282 g/mol. The molecule has 2 heterocycles. The highest BCUT2D eigenvalue weighted by molar-refractivity contribution is 5.72. The number of ether oxygens (including phenoxy) is 2. The van der Waals surface area contributed by atoms with Crippen LogP contribution in [0.5, 0.6) is 0 Å². The summed E-state index contributed by atoms with van der Waals surface area (Å²) in [6.07, 6.45) is 1.50. The number of carbonyl (C=O) groups excluding carboxylic acids is 1. The maximum Gasteiger partial charge on any atom is 0.310 e. The average Bonchev–Trinajstić information content (AvgIpc) is 2.97. The van der Waals surface area contributed by atoms with E-state index in [2.05, 4.69) is 10.2 Å². The van der Waals surface area contributed by atoms with Gasteiger partial charge in [0.2, 0.25) is 0 Å². The molecule has 1 aromatic carbocycles. The summed E-state index contributed by atoms with van der Waals surface area (Å²) in [7, 11) is 1.42. The van der Waals surface area contributed by atoms with E-state index >= 15 is 0 Å². The second-order valence-electron chi connectivity index (χ2n) is 5.38. The molecule has 0 N–H and O–H groups in total. The smallest absolute Gasteiger partial charge is 0.310 e. The molecule has 0 aliphatic carbocycles. The number of benzene rings is 1. The first-order valence-corrected chi connectivity index (χ1v) is 7.38. The van der Waals surface area contributed by atoms with Gasteiger partial charge in [-0.3, -0.25) is 4.79 Å². The SMILES string of the molecule is COC(=O)C1CCc2nnc(COCc3ccccc3)n2C1. The van der Waals surface area contributed by atoms with Crippen LogP contribution in [-0.2, 0) is 40.4 Å². The van der Waals surface area contributed by atoms with Crippen molar-refractivity contribution in [2.75, 3.05) is 7.11 Å². The van der Waals surface area contributed by atoms with Crippen LogP contribution in [0.3, 0.4) is 0 Å². The lowest BCUT2D eigenvalue weighted by atomic mass is 9.99. The number of rotatable bonds is 5. The van der Waals surface area contributed by atoms with Gasteiger partial charge in [-0.15, -0.1) is 10.2 Å². The number of nitrogens with zero attached hydrogens (tertiary/aromatic N) is 3. The number of esters is 1. The molecule has 0 fully saturated rings. The minimum absolute atomic E-state index is 0.124. The van der Waals surface area contributed by atoms with Gasteiger partial charge >= 0.3 is 5.97 Å². The third-order valence-corrected chi connectivity index (χ3v) is 3.90. The van der Waals surface area contributed by atoms with Gasteiger partial charge in [-0.25, -0.2) is 0 Å². The van der Waals surface area contributed by atoms with Crippen molar-refractivity contribution in [1.82, 2.24) is 14.8 Å². The van der Waals surface area contributed by atoms with E-state index in [1.807, 2.05) is 34.9 Å². The van der Waals surface area contributed by atoms with Crippen molar-refractivity contribution in [2.45, 2.75) is 32.6 Å². The fourth-order valence-corrected chi connectivity index (χ4v) is 2.68. The molecule has 6 nitrogen and oxygen atoms in total. The minimum Gasteiger partial charge on any atom is -0.469 e. The molecule has 0 saturated carbocycles. The van der Waals surface area contributed by atoms with E-state index in [4.69, 9.17) is 9.47 Å². The van der Waals surface area contributed by atoms with Gasteiger partial charge in [-0.05, 0) is 12.0 Å². The van der Waals surface area contributed by atoms with Gasteiger partial charge in [-0.2, -0.15) is 0 Å². The molecule has 1 aliphatic heterocycles. The first-order chi connectivity index (χ1) is 10.8. The number of methoxy groups -OCH3 is 1. The van der Waals surface area contributed by atoms with Crippen molar-refractivity contribution in [1.29, 1.82) is 0 Å². The third-order valence-electron chi connectivity index (χ3n) is 3.90. The summed E-state index contributed by atoms with van der Waals surface area (Å²) in [5.41, 5.74) is 1.12. The number of aromatic nitrogens is 3. The Morgan fingerprint density at radius 3 is 2.86 bits per heavy atom. The van der Waals surface area contributed by atoms with Crippen molar-refractivity contribution in [3.63, 3.8) is 0 Å². The van der Waals surface area contributed by atoms with Gasteiger partial charge in [0.25, 0.3) is 0 Å². The molecule has 1 aliphatic rings. The van der Waals surface area contributed by atoms with Gasteiger partial charge in [0, 0.05) is 13.0 Å². The number of hydrogen-bond donors (Lipinski definition) is 0. The van der Waals surface area contributed by atoms with Gasteiger partial charge in [0.1, 0.15) is 12.4 Å². The van der Waals surface area contributed by atoms with Crippen LogP contribution in [0.15, 0.2) is 30.3 Å². The molecule has 2 aromatic rings. The van der Waals surface area contributed by atoms with Gasteiger partial charge in [0.05, 0.1) is 19.6 Å². The molecule has 3 rings (SSSR count). The van der Waals surface area contributed by atoms with E-state index in [0.717, 1.165) is 30.1 Å². The molecule has 0 spiro atoms. The minimum atomic E-state index is -0.171. The molecule has 0 amide bonds. The van der Waals surface area contributed by atoms with Crippen molar-refractivity contribution >= 4 is 5.97 Å². The summed E-state index contributed by atoms with van der Waals surface area (Å²) in [4.78, 5) is 11.7. The zero-order valence-corrected chi connectivity index (χ0v) is 12.6. The Labute approximate surface area is 129 Å². The first-order valence-electron chi connectivity index (χ1n) is 7.38. The van der Waals surface area contributed by atoms with Crippen LogP contribution in [0.2, 0.25) is 0 Å². The van der Waals surface area contributed by atoms with Crippen LogP contribution >= 0.6 is 0 Å². The maximum atomic E-state index is 11.7. The van der Waals surface area contributed by atoms with Crippen molar-refractivity contribution in [2.24, 2.45) is 5.92 Å². The molecule has 1 unspecified atom stereocenters. The van der Waals surface area contributed by atoms with E-state index in [0.29, 0.717) is 19.8 Å². The largest absolute Gasteiger partial charge is 0.469 e. The second-order valence-corrected chi connectivity index (χ2v) is 5.38. The Morgan fingerprint density at radius 1 is 1.27 bits per heavy atom. The van der Waals surface area contributed by atoms with Crippen molar-refractivity contribution < 1.29 is 14.3 Å². The predicted octanol–water partition coefficient (Wildman–Crippen LogP) is 1.73. The van der Waals surface area contributed by atoms with Crippen LogP contribution in [-0.4, -0.2) is 27.8 Å². The van der Waals surface area contributed by atoms with Crippen LogP contribution < -0.4 is 0 Å². The quantitative estimate of drug-likeness (QED) is 0.787. The highest BCUT2D eigenvalue weighted by Gasteiger charge is 2.28. The van der Waals surface area contributed by atoms with Gasteiger partial charge < -0.3 is 14.0 Å². The lowest BCUT2D eigenvalue weighted by Gasteiger charge is -2.22. The Kier molecular flexibility index (Phi) is 4.48. The second kappa shape index (κ2) is 6.70. The number of hydrogen-bond acceptors (Lipinski definition) is 5. The molecule has 0 bridgehead atoms. The van der Waals surface area contributed by atoms with Gasteiger partial charge in [-0.1, -0.05) is 30.3 Å². The summed E-state index contributed by atoms with van der Waals surface area (Å²) in [5.74, 6) is 1.38. The Bertz CT molecular complexity index is 639. The Hall–Kier alpha value is -2.21. The average molecular weight is 301 g/mol. The Morgan fingerprint density at radius 2 is 2.09 bits per heavy atom. The molecule has 1 aromatic heterocycles. The predicted molar refractivity (Wildman–Crippen MR) is 78.8 cm³/mol. The molecule has 0 saturated heterocycles. The van der Waals surface area contributed by atoms with E-state index in [1.165, 1.54) is 7.11 Å². The van der Waals surface area contributed by atoms with Crippen molar-refractivity contribution in [3.05, 3.63) is 47.5 Å². The molecule has 0 radical (unpaired) electrons. The number of aryl methyl sites for hydroxylation is 1. The lowest BCUT2D eigenvalue weighted by molar-refractivity contribution is -0.146. The molecular formula is C16H19N3O3. The number of carbonyl (C=O) groups is 1. The number of fused-ring (bicyclic) bond motifs is 1. The zero-order valence-electron chi connectivity index (χ0n) is 12.6. The first kappa shape index (κ1) is 14.7. The van der Waals surface area contributed by atoms with E-state index in [9.17, 15) is 4.79 Å². The summed E-state index contributed by atoms with van der Waals surface area (Å²) in [5, 5.41) is 8.37. The summed E-state index contributed by atoms with van der Waals surface area (Å²) in [6, 6.07) is 9.99. The van der Waals surface area contributed by atoms with Crippen molar-refractivity contribution in [3.8, 4) is 0 Å². The monoisotopic (exact) mass is 301 g/mol. The van der Waals surface area contributed by atoms with E-state index in [-0.39, 0.29) is 11.9 Å². The van der Waals surface area contributed by atoms with E-state index < -0.39 is 0 Å². The highest BCUT2D eigenvalue weighted by atomic mass is 16.5. The third kappa shape index (κ3) is 3.17.